The summed E-state index contributed by atoms with van der Waals surface area (Å²) in [6, 6.07) is 5.24. The van der Waals surface area contributed by atoms with E-state index >= 15 is 0 Å². The van der Waals surface area contributed by atoms with Crippen LogP contribution < -0.4 is 5.32 Å². The first kappa shape index (κ1) is 13.9. The van der Waals surface area contributed by atoms with Crippen LogP contribution in [0.2, 0.25) is 0 Å². The van der Waals surface area contributed by atoms with E-state index in [1.807, 2.05) is 13.0 Å². The molecular weight excluding hydrogens is 240 g/mol. The van der Waals surface area contributed by atoms with Crippen molar-refractivity contribution < 1.29 is 10.2 Å². The number of aromatic hydroxyl groups is 2. The molecule has 2 rings (SSSR count). The Labute approximate surface area is 114 Å². The van der Waals surface area contributed by atoms with Crippen molar-refractivity contribution >= 4 is 0 Å². The van der Waals surface area contributed by atoms with Crippen LogP contribution in [0.3, 0.4) is 0 Å². The Kier molecular flexibility index (Phi) is 4.45. The van der Waals surface area contributed by atoms with Crippen LogP contribution in [0, 0.1) is 0 Å². The van der Waals surface area contributed by atoms with E-state index in [1.54, 1.807) is 6.07 Å². The molecule has 1 heterocycles. The lowest BCUT2D eigenvalue weighted by molar-refractivity contribution is 0.169. The van der Waals surface area contributed by atoms with Crippen LogP contribution in [0.5, 0.6) is 11.5 Å². The van der Waals surface area contributed by atoms with Crippen molar-refractivity contribution in [2.24, 2.45) is 0 Å². The molecule has 4 heteroatoms. The molecule has 4 nitrogen and oxygen atoms in total. The van der Waals surface area contributed by atoms with Gasteiger partial charge in [-0.05, 0) is 19.4 Å². The second-order valence-electron chi connectivity index (χ2n) is 5.18. The van der Waals surface area contributed by atoms with Gasteiger partial charge in [0.2, 0.25) is 0 Å². The summed E-state index contributed by atoms with van der Waals surface area (Å²) in [5.74, 6) is -0.0633. The molecule has 0 unspecified atom stereocenters. The highest BCUT2D eigenvalue weighted by molar-refractivity contribution is 5.46. The second kappa shape index (κ2) is 6.08. The average Bonchev–Trinajstić information content (AvgIpc) is 2.40. The summed E-state index contributed by atoms with van der Waals surface area (Å²) in [7, 11) is 0. The van der Waals surface area contributed by atoms with Gasteiger partial charge in [-0.1, -0.05) is 17.7 Å². The normalized spacial score (nSPS) is 18.2. The first-order chi connectivity index (χ1) is 9.09. The predicted molar refractivity (Wildman–Crippen MR) is 76.4 cm³/mol. The van der Waals surface area contributed by atoms with E-state index in [4.69, 9.17) is 0 Å². The molecule has 19 heavy (non-hydrogen) atoms. The third-order valence-corrected chi connectivity index (χ3v) is 3.54. The molecule has 1 fully saturated rings. The summed E-state index contributed by atoms with van der Waals surface area (Å²) in [6.07, 6.45) is 0.789. The fourth-order valence-corrected chi connectivity index (χ4v) is 2.58. The number of rotatable bonds is 4. The Morgan fingerprint density at radius 3 is 2.68 bits per heavy atom. The van der Waals surface area contributed by atoms with Gasteiger partial charge in [0.1, 0.15) is 0 Å². The van der Waals surface area contributed by atoms with Gasteiger partial charge in [-0.25, -0.2) is 0 Å². The molecule has 1 aromatic rings. The average molecular weight is 262 g/mol. The van der Waals surface area contributed by atoms with E-state index in [0.29, 0.717) is 0 Å². The molecule has 0 aliphatic carbocycles. The first-order valence-electron chi connectivity index (χ1n) is 6.69. The number of para-hydroxylation sites is 1. The van der Waals surface area contributed by atoms with Crippen molar-refractivity contribution in [2.45, 2.75) is 19.4 Å². The Bertz CT molecular complexity index is 453. The van der Waals surface area contributed by atoms with Crippen LogP contribution in [-0.4, -0.2) is 41.3 Å². The zero-order valence-corrected chi connectivity index (χ0v) is 11.4. The fourth-order valence-electron chi connectivity index (χ4n) is 2.58. The van der Waals surface area contributed by atoms with E-state index in [2.05, 4.69) is 16.8 Å². The van der Waals surface area contributed by atoms with E-state index in [1.165, 1.54) is 6.07 Å². The highest BCUT2D eigenvalue weighted by Gasteiger charge is 2.25. The van der Waals surface area contributed by atoms with Gasteiger partial charge in [-0.15, -0.1) is 6.58 Å². The number of piperazine rings is 1. The lowest BCUT2D eigenvalue weighted by Gasteiger charge is -2.35. The summed E-state index contributed by atoms with van der Waals surface area (Å²) < 4.78 is 0. The quantitative estimate of drug-likeness (QED) is 0.574. The molecule has 1 saturated heterocycles. The lowest BCUT2D eigenvalue weighted by Crippen LogP contribution is -2.45. The predicted octanol–water partition coefficient (Wildman–Crippen LogP) is 2.01. The van der Waals surface area contributed by atoms with Gasteiger partial charge in [0.25, 0.3) is 0 Å². The summed E-state index contributed by atoms with van der Waals surface area (Å²) in [5.41, 5.74) is 1.86. The minimum absolute atomic E-state index is 0.00715. The second-order valence-corrected chi connectivity index (χ2v) is 5.18. The number of nitrogens with zero attached hydrogens (tertiary/aromatic N) is 1. The third kappa shape index (κ3) is 3.28. The molecule has 1 atom stereocenters. The van der Waals surface area contributed by atoms with Crippen LogP contribution >= 0.6 is 0 Å². The molecule has 0 radical (unpaired) electrons. The number of benzene rings is 1. The van der Waals surface area contributed by atoms with E-state index in [0.717, 1.165) is 43.7 Å². The van der Waals surface area contributed by atoms with Gasteiger partial charge in [0.05, 0.1) is 0 Å². The molecule has 1 aliphatic rings. The first-order valence-corrected chi connectivity index (χ1v) is 6.69. The molecule has 0 aromatic heterocycles. The smallest absolute Gasteiger partial charge is 0.162 e. The van der Waals surface area contributed by atoms with Crippen molar-refractivity contribution in [3.63, 3.8) is 0 Å². The minimum atomic E-state index is -0.0562. The molecule has 0 amide bonds. The van der Waals surface area contributed by atoms with Gasteiger partial charge in [-0.2, -0.15) is 0 Å². The highest BCUT2D eigenvalue weighted by atomic mass is 16.3. The van der Waals surface area contributed by atoms with Crippen molar-refractivity contribution in [3.05, 3.63) is 35.9 Å². The number of phenols is 2. The molecule has 1 aliphatic heterocycles. The van der Waals surface area contributed by atoms with Crippen LogP contribution in [0.15, 0.2) is 30.4 Å². The molecular formula is C15H22N2O2. The van der Waals surface area contributed by atoms with Gasteiger partial charge in [0.15, 0.2) is 11.5 Å². The molecule has 0 saturated carbocycles. The van der Waals surface area contributed by atoms with E-state index in [9.17, 15) is 10.2 Å². The van der Waals surface area contributed by atoms with E-state index < -0.39 is 0 Å². The van der Waals surface area contributed by atoms with E-state index in [-0.39, 0.29) is 17.5 Å². The van der Waals surface area contributed by atoms with Crippen molar-refractivity contribution in [2.75, 3.05) is 26.2 Å². The van der Waals surface area contributed by atoms with Crippen molar-refractivity contribution in [1.29, 1.82) is 0 Å². The summed E-state index contributed by atoms with van der Waals surface area (Å²) in [5, 5.41) is 23.1. The minimum Gasteiger partial charge on any atom is -0.504 e. The van der Waals surface area contributed by atoms with Crippen LogP contribution in [-0.2, 0) is 0 Å². The zero-order valence-electron chi connectivity index (χ0n) is 11.4. The topological polar surface area (TPSA) is 55.7 Å². The van der Waals surface area contributed by atoms with Gasteiger partial charge >= 0.3 is 0 Å². The highest BCUT2D eigenvalue weighted by Crippen LogP contribution is 2.38. The van der Waals surface area contributed by atoms with Gasteiger partial charge in [-0.3, -0.25) is 4.90 Å². The summed E-state index contributed by atoms with van der Waals surface area (Å²) in [4.78, 5) is 2.33. The Hall–Kier alpha value is -1.52. The molecule has 3 N–H and O–H groups in total. The number of hydrogen-bond donors (Lipinski definition) is 3. The molecule has 0 spiro atoms. The Morgan fingerprint density at radius 1 is 1.37 bits per heavy atom. The van der Waals surface area contributed by atoms with Crippen LogP contribution in [0.25, 0.3) is 0 Å². The number of nitrogens with one attached hydrogen (secondary N) is 1. The summed E-state index contributed by atoms with van der Waals surface area (Å²) in [6.45, 7) is 9.75. The Morgan fingerprint density at radius 2 is 2.05 bits per heavy atom. The number of hydrogen-bond acceptors (Lipinski definition) is 4. The SMILES string of the molecule is C=C(C)C[C@@H](c1cccc(O)c1O)N1CCNCC1. The molecule has 1 aromatic carbocycles. The van der Waals surface area contributed by atoms with Crippen LogP contribution in [0.1, 0.15) is 24.9 Å². The maximum absolute atomic E-state index is 10.1. The standard InChI is InChI=1S/C15H22N2O2/c1-11(2)10-13(17-8-6-16-7-9-17)12-4-3-5-14(18)15(12)19/h3-5,13,16,18-19H,1,6-10H2,2H3/t13-/m0/s1. The lowest BCUT2D eigenvalue weighted by atomic mass is 9.97. The third-order valence-electron chi connectivity index (χ3n) is 3.54. The van der Waals surface area contributed by atoms with Crippen LogP contribution in [0.4, 0.5) is 0 Å². The Balaban J connectivity index is 2.30. The van der Waals surface area contributed by atoms with Crippen molar-refractivity contribution in [3.8, 4) is 11.5 Å². The van der Waals surface area contributed by atoms with Crippen molar-refractivity contribution in [1.82, 2.24) is 10.2 Å². The largest absolute Gasteiger partial charge is 0.504 e. The molecule has 0 bridgehead atoms. The summed E-state index contributed by atoms with van der Waals surface area (Å²) >= 11 is 0. The van der Waals surface area contributed by atoms with Gasteiger partial charge < -0.3 is 15.5 Å². The maximum atomic E-state index is 10.1. The zero-order chi connectivity index (χ0) is 13.8. The molecule has 104 valence electrons. The fraction of sp³-hybridized carbons (Fsp3) is 0.467. The maximum Gasteiger partial charge on any atom is 0.162 e. The monoisotopic (exact) mass is 262 g/mol. The van der Waals surface area contributed by atoms with Gasteiger partial charge in [0, 0.05) is 37.8 Å². The number of phenolic OH excluding ortho intramolecular Hbond substituents is 2.